The fourth-order valence-electron chi connectivity index (χ4n) is 2.08. The van der Waals surface area contributed by atoms with Gasteiger partial charge >= 0.3 is 0 Å². The van der Waals surface area contributed by atoms with Gasteiger partial charge < -0.3 is 8.83 Å². The normalized spacial score (nSPS) is 11.4. The van der Waals surface area contributed by atoms with Crippen LogP contribution in [0.5, 0.6) is 0 Å². The Labute approximate surface area is 110 Å². The van der Waals surface area contributed by atoms with Crippen molar-refractivity contribution >= 4 is 22.8 Å². The standard InChI is InChI=1S/C16H12O3/c1-11(17)6-7-15-16(12-8-9-18-10-12)13-4-2-3-5-14(13)19-15/h2-10H,1H3. The molecule has 2 heterocycles. The molecule has 0 N–H and O–H groups in total. The molecule has 0 unspecified atom stereocenters. The molecule has 2 aromatic heterocycles. The smallest absolute Gasteiger partial charge is 0.152 e. The zero-order chi connectivity index (χ0) is 13.2. The summed E-state index contributed by atoms with van der Waals surface area (Å²) < 4.78 is 10.9. The van der Waals surface area contributed by atoms with E-state index >= 15 is 0 Å². The van der Waals surface area contributed by atoms with Gasteiger partial charge in [0.2, 0.25) is 0 Å². The van der Waals surface area contributed by atoms with E-state index in [1.165, 1.54) is 13.0 Å². The molecule has 3 heteroatoms. The van der Waals surface area contributed by atoms with Gasteiger partial charge in [0.15, 0.2) is 5.78 Å². The van der Waals surface area contributed by atoms with Crippen molar-refractivity contribution < 1.29 is 13.6 Å². The van der Waals surface area contributed by atoms with Crippen molar-refractivity contribution in [2.45, 2.75) is 6.92 Å². The lowest BCUT2D eigenvalue weighted by Crippen LogP contribution is -1.80. The summed E-state index contributed by atoms with van der Waals surface area (Å²) in [7, 11) is 0. The average molecular weight is 252 g/mol. The highest BCUT2D eigenvalue weighted by atomic mass is 16.3. The number of benzene rings is 1. The quantitative estimate of drug-likeness (QED) is 0.653. The summed E-state index contributed by atoms with van der Waals surface area (Å²) in [4.78, 5) is 11.1. The third-order valence-electron chi connectivity index (χ3n) is 2.90. The number of rotatable bonds is 3. The fourth-order valence-corrected chi connectivity index (χ4v) is 2.08. The lowest BCUT2D eigenvalue weighted by Gasteiger charge is -1.95. The van der Waals surface area contributed by atoms with Gasteiger partial charge in [0.1, 0.15) is 11.3 Å². The second kappa shape index (κ2) is 4.61. The second-order valence-corrected chi connectivity index (χ2v) is 4.29. The third-order valence-corrected chi connectivity index (χ3v) is 2.90. The predicted molar refractivity (Wildman–Crippen MR) is 73.6 cm³/mol. The van der Waals surface area contributed by atoms with Crippen LogP contribution >= 0.6 is 0 Å². The molecule has 0 aliphatic carbocycles. The first-order chi connectivity index (χ1) is 9.25. The van der Waals surface area contributed by atoms with Crippen molar-refractivity contribution in [2.75, 3.05) is 0 Å². The van der Waals surface area contributed by atoms with Crippen LogP contribution in [0.25, 0.3) is 28.2 Å². The summed E-state index contributed by atoms with van der Waals surface area (Å²) >= 11 is 0. The maximum absolute atomic E-state index is 11.1. The van der Waals surface area contributed by atoms with Crippen molar-refractivity contribution in [3.63, 3.8) is 0 Å². The molecule has 0 radical (unpaired) electrons. The number of ketones is 1. The van der Waals surface area contributed by atoms with Gasteiger partial charge in [-0.25, -0.2) is 0 Å². The summed E-state index contributed by atoms with van der Waals surface area (Å²) in [6.45, 7) is 1.51. The van der Waals surface area contributed by atoms with Crippen molar-refractivity contribution in [1.29, 1.82) is 0 Å². The Morgan fingerprint density at radius 1 is 1.21 bits per heavy atom. The second-order valence-electron chi connectivity index (χ2n) is 4.29. The van der Waals surface area contributed by atoms with Gasteiger partial charge in [-0.3, -0.25) is 4.79 Å². The van der Waals surface area contributed by atoms with Crippen LogP contribution in [0.4, 0.5) is 0 Å². The first-order valence-electron chi connectivity index (χ1n) is 5.98. The number of allylic oxidation sites excluding steroid dienone is 1. The van der Waals surface area contributed by atoms with Gasteiger partial charge in [-0.2, -0.15) is 0 Å². The maximum atomic E-state index is 11.1. The molecule has 0 amide bonds. The largest absolute Gasteiger partial charge is 0.472 e. The first-order valence-corrected chi connectivity index (χ1v) is 5.98. The highest BCUT2D eigenvalue weighted by Crippen LogP contribution is 2.35. The highest BCUT2D eigenvalue weighted by Gasteiger charge is 2.14. The Hall–Kier alpha value is -2.55. The summed E-state index contributed by atoms with van der Waals surface area (Å²) in [5.74, 6) is 0.649. The number of para-hydroxylation sites is 1. The van der Waals surface area contributed by atoms with E-state index in [2.05, 4.69) is 0 Å². The van der Waals surface area contributed by atoms with Gasteiger partial charge in [-0.15, -0.1) is 0 Å². The monoisotopic (exact) mass is 252 g/mol. The summed E-state index contributed by atoms with van der Waals surface area (Å²) in [6, 6.07) is 9.65. The van der Waals surface area contributed by atoms with Crippen molar-refractivity contribution in [3.05, 3.63) is 54.7 Å². The van der Waals surface area contributed by atoms with Crippen LogP contribution < -0.4 is 0 Å². The van der Waals surface area contributed by atoms with Gasteiger partial charge in [0, 0.05) is 16.5 Å². The molecular formula is C16H12O3. The number of fused-ring (bicyclic) bond motifs is 1. The molecule has 94 valence electrons. The lowest BCUT2D eigenvalue weighted by atomic mass is 10.0. The summed E-state index contributed by atoms with van der Waals surface area (Å²) in [5.41, 5.74) is 2.68. The van der Waals surface area contributed by atoms with Gasteiger partial charge in [0.25, 0.3) is 0 Å². The molecule has 0 fully saturated rings. The van der Waals surface area contributed by atoms with Crippen LogP contribution in [0.2, 0.25) is 0 Å². The van der Waals surface area contributed by atoms with E-state index in [0.717, 1.165) is 22.1 Å². The Morgan fingerprint density at radius 3 is 2.79 bits per heavy atom. The third kappa shape index (κ3) is 2.10. The van der Waals surface area contributed by atoms with E-state index in [0.29, 0.717) is 5.76 Å². The van der Waals surface area contributed by atoms with Crippen molar-refractivity contribution in [2.24, 2.45) is 0 Å². The van der Waals surface area contributed by atoms with Crippen LogP contribution in [0.3, 0.4) is 0 Å². The Balaban J connectivity index is 2.26. The lowest BCUT2D eigenvalue weighted by molar-refractivity contribution is -0.112. The minimum absolute atomic E-state index is 0.0152. The Bertz CT molecular complexity index is 746. The zero-order valence-electron chi connectivity index (χ0n) is 10.4. The van der Waals surface area contributed by atoms with Crippen molar-refractivity contribution in [1.82, 2.24) is 0 Å². The molecule has 19 heavy (non-hydrogen) atoms. The molecule has 0 bridgehead atoms. The Kier molecular flexibility index (Phi) is 2.80. The minimum Gasteiger partial charge on any atom is -0.472 e. The highest BCUT2D eigenvalue weighted by molar-refractivity contribution is 6.00. The van der Waals surface area contributed by atoms with Crippen LogP contribution in [0.1, 0.15) is 12.7 Å². The first kappa shape index (κ1) is 11.5. The van der Waals surface area contributed by atoms with Crippen LogP contribution in [-0.2, 0) is 4.79 Å². The fraction of sp³-hybridized carbons (Fsp3) is 0.0625. The number of furan rings is 2. The summed E-state index contributed by atoms with van der Waals surface area (Å²) in [5, 5.41) is 1.01. The molecule has 3 rings (SSSR count). The van der Waals surface area contributed by atoms with Crippen molar-refractivity contribution in [3.8, 4) is 11.1 Å². The number of carbonyl (C=O) groups is 1. The zero-order valence-corrected chi connectivity index (χ0v) is 10.4. The topological polar surface area (TPSA) is 43.4 Å². The summed E-state index contributed by atoms with van der Waals surface area (Å²) in [6.07, 6.45) is 6.49. The maximum Gasteiger partial charge on any atom is 0.152 e. The van der Waals surface area contributed by atoms with Gasteiger partial charge in [-0.1, -0.05) is 18.2 Å². The molecule has 1 aromatic carbocycles. The SMILES string of the molecule is CC(=O)C=Cc1oc2ccccc2c1-c1ccoc1. The number of hydrogen-bond donors (Lipinski definition) is 0. The van der Waals surface area contributed by atoms with E-state index in [9.17, 15) is 4.79 Å². The number of hydrogen-bond acceptors (Lipinski definition) is 3. The molecule has 0 saturated carbocycles. The van der Waals surface area contributed by atoms with E-state index in [1.807, 2.05) is 30.3 Å². The van der Waals surface area contributed by atoms with Crippen LogP contribution in [-0.4, -0.2) is 5.78 Å². The van der Waals surface area contributed by atoms with Crippen LogP contribution in [0.15, 0.2) is 57.8 Å². The van der Waals surface area contributed by atoms with Gasteiger partial charge in [-0.05, 0) is 31.2 Å². The molecule has 0 aliphatic heterocycles. The van der Waals surface area contributed by atoms with E-state index in [1.54, 1.807) is 18.6 Å². The average Bonchev–Trinajstić information content (AvgIpc) is 3.02. The van der Waals surface area contributed by atoms with E-state index in [4.69, 9.17) is 8.83 Å². The molecule has 3 aromatic rings. The number of carbonyl (C=O) groups excluding carboxylic acids is 1. The molecular weight excluding hydrogens is 240 g/mol. The molecule has 0 spiro atoms. The molecule has 0 saturated heterocycles. The molecule has 0 aliphatic rings. The minimum atomic E-state index is -0.0152. The molecule has 0 atom stereocenters. The van der Waals surface area contributed by atoms with E-state index in [-0.39, 0.29) is 5.78 Å². The van der Waals surface area contributed by atoms with Gasteiger partial charge in [0.05, 0.1) is 12.5 Å². The van der Waals surface area contributed by atoms with E-state index < -0.39 is 0 Å². The Morgan fingerprint density at radius 2 is 2.05 bits per heavy atom. The molecule has 3 nitrogen and oxygen atoms in total. The predicted octanol–water partition coefficient (Wildman–Crippen LogP) is 4.30. The van der Waals surface area contributed by atoms with Crippen LogP contribution in [0, 0.1) is 0 Å².